The van der Waals surface area contributed by atoms with Gasteiger partial charge in [0.2, 0.25) is 0 Å². The first-order valence-electron chi connectivity index (χ1n) is 6.06. The molecular weight excluding hydrogens is 291 g/mol. The molecule has 0 aromatic heterocycles. The predicted molar refractivity (Wildman–Crippen MR) is 86.5 cm³/mol. The quantitative estimate of drug-likeness (QED) is 0.497. The summed E-state index contributed by atoms with van der Waals surface area (Å²) in [5.41, 5.74) is 2.58. The molecule has 0 spiro atoms. The van der Waals surface area contributed by atoms with Crippen molar-refractivity contribution in [2.24, 2.45) is 0 Å². The summed E-state index contributed by atoms with van der Waals surface area (Å²) in [6, 6.07) is 25.5. The molecule has 0 heterocycles. The third-order valence-electron chi connectivity index (χ3n) is 2.87. The summed E-state index contributed by atoms with van der Waals surface area (Å²) in [4.78, 5) is 8.98. The summed E-state index contributed by atoms with van der Waals surface area (Å²) in [7, 11) is 0. The van der Waals surface area contributed by atoms with Crippen LogP contribution in [0.1, 0.15) is 0 Å². The Kier molecular flexibility index (Phi) is 5.16. The van der Waals surface area contributed by atoms with Gasteiger partial charge in [-0.15, -0.1) is 0 Å². The van der Waals surface area contributed by atoms with Gasteiger partial charge >= 0.3 is 4.70 Å². The Morgan fingerprint density at radius 1 is 0.700 bits per heavy atom. The molecule has 0 N–H and O–H groups in total. The highest BCUT2D eigenvalue weighted by Gasteiger charge is 2.01. The van der Waals surface area contributed by atoms with E-state index in [9.17, 15) is 0 Å². The Bertz CT molecular complexity index is 699. The van der Waals surface area contributed by atoms with E-state index in [0.717, 1.165) is 0 Å². The van der Waals surface area contributed by atoms with E-state index in [1.54, 1.807) is 0 Å². The van der Waals surface area contributed by atoms with E-state index < -0.39 is 4.70 Å². The van der Waals surface area contributed by atoms with Gasteiger partial charge in [-0.2, -0.15) is 0 Å². The summed E-state index contributed by atoms with van der Waals surface area (Å²) >= 11 is 8.80. The van der Waals surface area contributed by atoms with Crippen molar-refractivity contribution in [2.75, 3.05) is 0 Å². The number of carbonyl (C=O) groups excluding carboxylic acids is 1. The Balaban J connectivity index is 0.000000328. The average molecular weight is 303 g/mol. The molecule has 0 unspecified atom stereocenters. The predicted octanol–water partition coefficient (Wildman–Crippen LogP) is 6.09. The Hall–Kier alpha value is -1.83. The molecule has 0 atom stereocenters. The van der Waals surface area contributed by atoms with Crippen molar-refractivity contribution in [2.45, 2.75) is 0 Å². The summed E-state index contributed by atoms with van der Waals surface area (Å²) in [6.45, 7) is 0. The van der Waals surface area contributed by atoms with Crippen LogP contribution in [0.25, 0.3) is 21.9 Å². The van der Waals surface area contributed by atoms with Crippen molar-refractivity contribution in [1.29, 1.82) is 0 Å². The van der Waals surface area contributed by atoms with Crippen LogP contribution in [0.2, 0.25) is 0 Å². The molecule has 1 nitrogen and oxygen atoms in total. The molecule has 0 fully saturated rings. The molecule has 0 aliphatic carbocycles. The van der Waals surface area contributed by atoms with Gasteiger partial charge in [-0.05, 0) is 45.1 Å². The lowest BCUT2D eigenvalue weighted by Crippen LogP contribution is -1.79. The van der Waals surface area contributed by atoms with Gasteiger partial charge in [-0.1, -0.05) is 72.8 Å². The maximum atomic E-state index is 8.98. The molecular formula is C17H12Cl2O. The minimum atomic E-state index is -0.889. The first kappa shape index (κ1) is 14.6. The van der Waals surface area contributed by atoms with E-state index in [2.05, 4.69) is 96.0 Å². The second-order valence-corrected chi connectivity index (χ2v) is 5.00. The normalized spacial score (nSPS) is 9.70. The maximum Gasteiger partial charge on any atom is 0.313 e. The molecule has 0 amide bonds. The van der Waals surface area contributed by atoms with Crippen molar-refractivity contribution in [1.82, 2.24) is 0 Å². The minimum absolute atomic E-state index is 0.889. The minimum Gasteiger partial charge on any atom is -0.262 e. The van der Waals surface area contributed by atoms with Crippen LogP contribution < -0.4 is 0 Å². The second-order valence-electron chi connectivity index (χ2n) is 4.12. The van der Waals surface area contributed by atoms with E-state index in [-0.39, 0.29) is 0 Å². The molecule has 0 aliphatic rings. The summed E-state index contributed by atoms with van der Waals surface area (Å²) < 4.78 is -0.889. The van der Waals surface area contributed by atoms with Gasteiger partial charge in [-0.3, -0.25) is 4.79 Å². The molecule has 3 heteroatoms. The molecule has 0 aliphatic heterocycles. The van der Waals surface area contributed by atoms with E-state index in [4.69, 9.17) is 4.79 Å². The number of hydrogen-bond donors (Lipinski definition) is 0. The first-order valence-corrected chi connectivity index (χ1v) is 6.82. The third-order valence-corrected chi connectivity index (χ3v) is 2.87. The maximum absolute atomic E-state index is 8.98. The lowest BCUT2D eigenvalue weighted by atomic mass is 9.98. The van der Waals surface area contributed by atoms with Crippen molar-refractivity contribution < 1.29 is 4.79 Å². The fourth-order valence-corrected chi connectivity index (χ4v) is 2.09. The van der Waals surface area contributed by atoms with Crippen molar-refractivity contribution in [3.8, 4) is 11.1 Å². The Morgan fingerprint density at radius 3 is 1.95 bits per heavy atom. The number of rotatable bonds is 1. The molecule has 3 aromatic rings. The molecule has 0 bridgehead atoms. The lowest BCUT2D eigenvalue weighted by Gasteiger charge is -2.06. The smallest absolute Gasteiger partial charge is 0.262 e. The Morgan fingerprint density at radius 2 is 1.25 bits per heavy atom. The van der Waals surface area contributed by atoms with Crippen LogP contribution >= 0.6 is 23.2 Å². The van der Waals surface area contributed by atoms with E-state index in [1.807, 2.05) is 0 Å². The second kappa shape index (κ2) is 7.09. The van der Waals surface area contributed by atoms with Crippen LogP contribution in [0.3, 0.4) is 0 Å². The van der Waals surface area contributed by atoms with E-state index >= 15 is 0 Å². The summed E-state index contributed by atoms with van der Waals surface area (Å²) in [6.07, 6.45) is 0. The van der Waals surface area contributed by atoms with Crippen molar-refractivity contribution >= 4 is 38.7 Å². The van der Waals surface area contributed by atoms with Crippen LogP contribution in [0.15, 0.2) is 72.8 Å². The van der Waals surface area contributed by atoms with Gasteiger partial charge in [0.05, 0.1) is 0 Å². The highest BCUT2D eigenvalue weighted by molar-refractivity contribution is 6.93. The van der Waals surface area contributed by atoms with Crippen molar-refractivity contribution in [3.63, 3.8) is 0 Å². The Labute approximate surface area is 127 Å². The number of benzene rings is 3. The van der Waals surface area contributed by atoms with Crippen LogP contribution in [-0.4, -0.2) is 4.70 Å². The monoisotopic (exact) mass is 302 g/mol. The average Bonchev–Trinajstić information content (AvgIpc) is 2.47. The lowest BCUT2D eigenvalue weighted by molar-refractivity contribution is 0.275. The molecule has 3 rings (SSSR count). The highest BCUT2D eigenvalue weighted by atomic mass is 35.5. The van der Waals surface area contributed by atoms with Crippen molar-refractivity contribution in [3.05, 3.63) is 72.8 Å². The first-order chi connectivity index (χ1) is 9.68. The van der Waals surface area contributed by atoms with Gasteiger partial charge in [-0.25, -0.2) is 0 Å². The summed E-state index contributed by atoms with van der Waals surface area (Å²) in [5, 5.41) is 2.61. The zero-order chi connectivity index (χ0) is 14.4. The van der Waals surface area contributed by atoms with Crippen LogP contribution in [0.5, 0.6) is 0 Å². The van der Waals surface area contributed by atoms with Gasteiger partial charge < -0.3 is 0 Å². The molecule has 3 aromatic carbocycles. The number of carbonyl (C=O) groups is 1. The van der Waals surface area contributed by atoms with Crippen LogP contribution in [0.4, 0.5) is 4.79 Å². The van der Waals surface area contributed by atoms with Gasteiger partial charge in [0.15, 0.2) is 0 Å². The fraction of sp³-hybridized carbons (Fsp3) is 0. The summed E-state index contributed by atoms with van der Waals surface area (Å²) in [5.74, 6) is 0. The molecule has 0 saturated heterocycles. The molecule has 0 saturated carbocycles. The van der Waals surface area contributed by atoms with Gasteiger partial charge in [0.25, 0.3) is 0 Å². The number of fused-ring (bicyclic) bond motifs is 1. The zero-order valence-electron chi connectivity index (χ0n) is 10.6. The largest absolute Gasteiger partial charge is 0.313 e. The van der Waals surface area contributed by atoms with Gasteiger partial charge in [0, 0.05) is 0 Å². The molecule has 0 radical (unpaired) electrons. The van der Waals surface area contributed by atoms with Crippen LogP contribution in [0, 0.1) is 0 Å². The highest BCUT2D eigenvalue weighted by Crippen LogP contribution is 2.27. The van der Waals surface area contributed by atoms with Crippen LogP contribution in [-0.2, 0) is 0 Å². The number of hydrogen-bond acceptors (Lipinski definition) is 1. The number of halogens is 2. The standard InChI is InChI=1S/C16H12.CCl2O/c1-2-7-13(8-3-1)16-12-6-10-14-9-4-5-11-15(14)16;2-1(3)4/h1-12H;. The zero-order valence-corrected chi connectivity index (χ0v) is 12.1. The third kappa shape index (κ3) is 3.83. The topological polar surface area (TPSA) is 17.1 Å². The fourth-order valence-electron chi connectivity index (χ4n) is 2.09. The SMILES string of the molecule is O=C(Cl)Cl.c1ccc(-c2cccc3ccccc23)cc1. The van der Waals surface area contributed by atoms with E-state index in [0.29, 0.717) is 0 Å². The van der Waals surface area contributed by atoms with Gasteiger partial charge in [0.1, 0.15) is 0 Å². The molecule has 100 valence electrons. The van der Waals surface area contributed by atoms with E-state index in [1.165, 1.54) is 21.9 Å². The molecule has 20 heavy (non-hydrogen) atoms.